The molecule has 1 aliphatic heterocycles. The van der Waals surface area contributed by atoms with E-state index < -0.39 is 0 Å². The number of hydrogen-bond acceptors (Lipinski definition) is 2. The Morgan fingerprint density at radius 1 is 1.33 bits per heavy atom. The molecule has 3 heteroatoms. The van der Waals surface area contributed by atoms with Gasteiger partial charge in [0.25, 0.3) is 0 Å². The van der Waals surface area contributed by atoms with Gasteiger partial charge >= 0.3 is 0 Å². The van der Waals surface area contributed by atoms with Gasteiger partial charge in [-0.2, -0.15) is 0 Å². The number of thioether (sulfide) groups is 1. The topological polar surface area (TPSA) is 36.9 Å². The lowest BCUT2D eigenvalue weighted by Crippen LogP contribution is -2.77. The van der Waals surface area contributed by atoms with Crippen molar-refractivity contribution in [3.63, 3.8) is 0 Å². The predicted octanol–water partition coefficient (Wildman–Crippen LogP) is 1.62. The Hall–Kier alpha value is -0.510. The Morgan fingerprint density at radius 3 is 2.47 bits per heavy atom. The van der Waals surface area contributed by atoms with Gasteiger partial charge in [0, 0.05) is 11.3 Å². The molecule has 0 spiro atoms. The second-order valence-corrected chi connectivity index (χ2v) is 5.84. The first-order valence-electron chi connectivity index (χ1n) is 5.25. The molecule has 1 fully saturated rings. The van der Waals surface area contributed by atoms with E-state index in [0.29, 0.717) is 0 Å². The van der Waals surface area contributed by atoms with Gasteiger partial charge in [-0.1, -0.05) is 30.3 Å². The Morgan fingerprint density at radius 2 is 2.00 bits per heavy atom. The SMILES string of the molecule is CC(C)([NH3+])C1(c2ccccc2)OCCS1. The van der Waals surface area contributed by atoms with E-state index >= 15 is 0 Å². The summed E-state index contributed by atoms with van der Waals surface area (Å²) >= 11 is 1.87. The minimum atomic E-state index is -0.270. The normalized spacial score (nSPS) is 26.9. The highest BCUT2D eigenvalue weighted by molar-refractivity contribution is 8.00. The van der Waals surface area contributed by atoms with E-state index in [0.717, 1.165) is 12.4 Å². The van der Waals surface area contributed by atoms with Crippen molar-refractivity contribution in [2.75, 3.05) is 12.4 Å². The van der Waals surface area contributed by atoms with Gasteiger partial charge in [-0.15, -0.1) is 11.8 Å². The van der Waals surface area contributed by atoms with Gasteiger partial charge in [-0.3, -0.25) is 0 Å². The first-order chi connectivity index (χ1) is 7.06. The minimum Gasteiger partial charge on any atom is -0.353 e. The van der Waals surface area contributed by atoms with Crippen LogP contribution < -0.4 is 5.73 Å². The fourth-order valence-electron chi connectivity index (χ4n) is 2.02. The number of ether oxygens (including phenoxy) is 1. The van der Waals surface area contributed by atoms with Crippen LogP contribution in [0, 0.1) is 0 Å². The first kappa shape index (κ1) is 11.0. The molecule has 82 valence electrons. The Kier molecular flexibility index (Phi) is 2.79. The molecule has 1 atom stereocenters. The van der Waals surface area contributed by atoms with Crippen LogP contribution in [0.4, 0.5) is 0 Å². The van der Waals surface area contributed by atoms with Gasteiger partial charge in [0.1, 0.15) is 5.54 Å². The highest BCUT2D eigenvalue weighted by Crippen LogP contribution is 2.47. The van der Waals surface area contributed by atoms with Crippen molar-refractivity contribution < 1.29 is 10.5 Å². The summed E-state index contributed by atoms with van der Waals surface area (Å²) in [5.41, 5.74) is 5.35. The van der Waals surface area contributed by atoms with Gasteiger partial charge in [0.15, 0.2) is 4.93 Å². The molecule has 0 amide bonds. The molecule has 1 aliphatic rings. The van der Waals surface area contributed by atoms with Crippen LogP contribution in [0.1, 0.15) is 19.4 Å². The zero-order valence-corrected chi connectivity index (χ0v) is 10.1. The monoisotopic (exact) mass is 224 g/mol. The second kappa shape index (κ2) is 3.81. The molecule has 0 aliphatic carbocycles. The number of hydrogen-bond donors (Lipinski definition) is 1. The van der Waals surface area contributed by atoms with E-state index in [4.69, 9.17) is 4.74 Å². The van der Waals surface area contributed by atoms with Crippen LogP contribution in [-0.2, 0) is 9.67 Å². The lowest BCUT2D eigenvalue weighted by atomic mass is 9.91. The molecule has 0 radical (unpaired) electrons. The van der Waals surface area contributed by atoms with Crippen molar-refractivity contribution in [1.29, 1.82) is 0 Å². The molecule has 1 unspecified atom stereocenters. The zero-order chi connectivity index (χ0) is 10.9. The van der Waals surface area contributed by atoms with Crippen LogP contribution in [0.2, 0.25) is 0 Å². The second-order valence-electron chi connectivity index (χ2n) is 4.56. The summed E-state index contributed by atoms with van der Waals surface area (Å²) in [4.78, 5) is -0.270. The third-order valence-corrected chi connectivity index (χ3v) is 4.42. The number of rotatable bonds is 2. The van der Waals surface area contributed by atoms with Crippen LogP contribution in [-0.4, -0.2) is 17.9 Å². The van der Waals surface area contributed by atoms with Crippen LogP contribution in [0.5, 0.6) is 0 Å². The largest absolute Gasteiger partial charge is 0.353 e. The van der Waals surface area contributed by atoms with E-state index in [9.17, 15) is 0 Å². The number of quaternary nitrogens is 1. The lowest BCUT2D eigenvalue weighted by molar-refractivity contribution is -0.493. The highest BCUT2D eigenvalue weighted by atomic mass is 32.2. The molecule has 1 heterocycles. The quantitative estimate of drug-likeness (QED) is 0.829. The summed E-state index contributed by atoms with van der Waals surface area (Å²) in [5, 5.41) is 0. The Balaban J connectivity index is 2.44. The van der Waals surface area contributed by atoms with Crippen molar-refractivity contribution in [2.45, 2.75) is 24.3 Å². The van der Waals surface area contributed by atoms with Crippen LogP contribution >= 0.6 is 11.8 Å². The van der Waals surface area contributed by atoms with Crippen LogP contribution in [0.15, 0.2) is 30.3 Å². The van der Waals surface area contributed by atoms with Gasteiger partial charge in [-0.25, -0.2) is 0 Å². The van der Waals surface area contributed by atoms with Crippen LogP contribution in [0.25, 0.3) is 0 Å². The maximum Gasteiger partial charge on any atom is 0.193 e. The van der Waals surface area contributed by atoms with Crippen molar-refractivity contribution in [1.82, 2.24) is 0 Å². The van der Waals surface area contributed by atoms with E-state index in [1.165, 1.54) is 5.56 Å². The summed E-state index contributed by atoms with van der Waals surface area (Å²) in [6.07, 6.45) is 0. The molecule has 2 rings (SSSR count). The molecule has 3 N–H and O–H groups in total. The maximum absolute atomic E-state index is 5.99. The van der Waals surface area contributed by atoms with Crippen molar-refractivity contribution >= 4 is 11.8 Å². The van der Waals surface area contributed by atoms with E-state index in [1.54, 1.807) is 0 Å². The molecule has 1 aromatic carbocycles. The first-order valence-corrected chi connectivity index (χ1v) is 6.24. The van der Waals surface area contributed by atoms with Crippen molar-refractivity contribution in [3.8, 4) is 0 Å². The van der Waals surface area contributed by atoms with Crippen LogP contribution in [0.3, 0.4) is 0 Å². The molecule has 0 bridgehead atoms. The molecular weight excluding hydrogens is 206 g/mol. The molecule has 2 nitrogen and oxygen atoms in total. The maximum atomic E-state index is 5.99. The highest BCUT2D eigenvalue weighted by Gasteiger charge is 2.51. The van der Waals surface area contributed by atoms with Gasteiger partial charge in [-0.05, 0) is 13.8 Å². The van der Waals surface area contributed by atoms with Crippen molar-refractivity contribution in [3.05, 3.63) is 35.9 Å². The van der Waals surface area contributed by atoms with E-state index in [-0.39, 0.29) is 10.5 Å². The van der Waals surface area contributed by atoms with Crippen molar-refractivity contribution in [2.24, 2.45) is 0 Å². The third kappa shape index (κ3) is 1.80. The molecule has 1 aromatic rings. The van der Waals surface area contributed by atoms with Gasteiger partial charge in [0.2, 0.25) is 0 Å². The predicted molar refractivity (Wildman–Crippen MR) is 63.5 cm³/mol. The van der Waals surface area contributed by atoms with E-state index in [1.807, 2.05) is 17.8 Å². The molecule has 15 heavy (non-hydrogen) atoms. The third-order valence-electron chi connectivity index (χ3n) is 2.74. The zero-order valence-electron chi connectivity index (χ0n) is 9.32. The molecular formula is C12H18NOS+. The molecule has 0 aromatic heterocycles. The summed E-state index contributed by atoms with van der Waals surface area (Å²) < 4.78 is 5.99. The fourth-order valence-corrected chi connectivity index (χ4v) is 3.33. The lowest BCUT2D eigenvalue weighted by Gasteiger charge is -2.36. The summed E-state index contributed by atoms with van der Waals surface area (Å²) in [6, 6.07) is 10.4. The van der Waals surface area contributed by atoms with Gasteiger partial charge < -0.3 is 10.5 Å². The standard InChI is InChI=1S/C12H17NOS/c1-11(2,13)12(14-8-9-15-12)10-6-4-3-5-7-10/h3-7H,8-9,13H2,1-2H3/p+1. The Labute approximate surface area is 95.2 Å². The smallest absolute Gasteiger partial charge is 0.193 e. The average molecular weight is 224 g/mol. The summed E-state index contributed by atoms with van der Waals surface area (Å²) in [6.45, 7) is 5.09. The molecule has 0 saturated carbocycles. The Bertz CT molecular complexity index is 325. The number of benzene rings is 1. The molecule has 1 saturated heterocycles. The minimum absolute atomic E-state index is 0.129. The average Bonchev–Trinajstić information content (AvgIpc) is 2.68. The summed E-state index contributed by atoms with van der Waals surface area (Å²) in [5.74, 6) is 1.05. The fraction of sp³-hybridized carbons (Fsp3) is 0.500. The van der Waals surface area contributed by atoms with Gasteiger partial charge in [0.05, 0.1) is 6.61 Å². The van der Waals surface area contributed by atoms with E-state index in [2.05, 4.69) is 43.8 Å². The summed E-state index contributed by atoms with van der Waals surface area (Å²) in [7, 11) is 0.